The van der Waals surface area contributed by atoms with Gasteiger partial charge in [0, 0.05) is 5.57 Å². The third-order valence-electron chi connectivity index (χ3n) is 1.12. The molecule has 1 aliphatic carbocycles. The molecule has 0 fully saturated rings. The molecule has 0 heterocycles. The molecular formula is C8H6F2. The van der Waals surface area contributed by atoms with E-state index in [0.29, 0.717) is 5.57 Å². The van der Waals surface area contributed by atoms with Crippen LogP contribution in [0, 0.1) is 11.8 Å². The van der Waals surface area contributed by atoms with Crippen LogP contribution in [0.15, 0.2) is 23.6 Å². The topological polar surface area (TPSA) is 0 Å². The second-order valence-electron chi connectivity index (χ2n) is 1.92. The van der Waals surface area contributed by atoms with Crippen LogP contribution in [-0.4, -0.2) is 6.67 Å². The van der Waals surface area contributed by atoms with Crippen LogP contribution in [0.3, 0.4) is 0 Å². The summed E-state index contributed by atoms with van der Waals surface area (Å²) in [5.41, 5.74) is 0.340. The van der Waals surface area contributed by atoms with Gasteiger partial charge in [-0.15, -0.1) is 0 Å². The minimum atomic E-state index is -0.614. The summed E-state index contributed by atoms with van der Waals surface area (Å²) < 4.78 is 24.2. The van der Waals surface area contributed by atoms with Gasteiger partial charge in [0.05, 0.1) is 6.42 Å². The molecule has 0 radical (unpaired) electrons. The molecule has 0 aromatic heterocycles. The Morgan fingerprint density at radius 2 is 2.30 bits per heavy atom. The fourth-order valence-electron chi connectivity index (χ4n) is 0.612. The Bertz CT molecular complexity index is 238. The van der Waals surface area contributed by atoms with E-state index in [4.69, 9.17) is 0 Å². The number of alkyl halides is 1. The highest BCUT2D eigenvalue weighted by Gasteiger charge is 1.95. The van der Waals surface area contributed by atoms with Gasteiger partial charge >= 0.3 is 0 Å². The molecule has 10 heavy (non-hydrogen) atoms. The molecule has 0 atom stereocenters. The maximum atomic E-state index is 12.3. The van der Waals surface area contributed by atoms with E-state index in [1.807, 2.05) is 0 Å². The van der Waals surface area contributed by atoms with E-state index >= 15 is 0 Å². The lowest BCUT2D eigenvalue weighted by Crippen LogP contribution is -1.77. The number of hydrogen-bond acceptors (Lipinski definition) is 0. The van der Waals surface area contributed by atoms with Crippen LogP contribution in [0.4, 0.5) is 8.78 Å². The van der Waals surface area contributed by atoms with Crippen LogP contribution >= 0.6 is 0 Å². The zero-order valence-corrected chi connectivity index (χ0v) is 5.32. The minimum absolute atomic E-state index is 0.0972. The van der Waals surface area contributed by atoms with E-state index in [1.165, 1.54) is 12.2 Å². The first kappa shape index (κ1) is 7.01. The van der Waals surface area contributed by atoms with Gasteiger partial charge in [0.1, 0.15) is 12.5 Å². The molecular weight excluding hydrogens is 134 g/mol. The quantitative estimate of drug-likeness (QED) is 0.489. The second-order valence-corrected chi connectivity index (χ2v) is 1.92. The van der Waals surface area contributed by atoms with Crippen molar-refractivity contribution in [1.29, 1.82) is 0 Å². The molecule has 0 unspecified atom stereocenters. The van der Waals surface area contributed by atoms with Crippen molar-refractivity contribution in [3.63, 3.8) is 0 Å². The molecule has 0 aromatic carbocycles. The van der Waals surface area contributed by atoms with Gasteiger partial charge in [0.2, 0.25) is 0 Å². The van der Waals surface area contributed by atoms with E-state index in [-0.39, 0.29) is 12.2 Å². The Labute approximate surface area is 58.2 Å². The number of allylic oxidation sites excluding steroid dienone is 4. The molecule has 0 bridgehead atoms. The largest absolute Gasteiger partial charge is 0.245 e. The first-order chi connectivity index (χ1) is 4.83. The highest BCUT2D eigenvalue weighted by molar-refractivity contribution is 5.36. The van der Waals surface area contributed by atoms with Crippen molar-refractivity contribution in [2.24, 2.45) is 0 Å². The summed E-state index contributed by atoms with van der Waals surface area (Å²) in [4.78, 5) is 0. The molecule has 1 rings (SSSR count). The summed E-state index contributed by atoms with van der Waals surface area (Å²) in [7, 11) is 0. The number of hydrogen-bond donors (Lipinski definition) is 0. The number of rotatable bonds is 1. The molecule has 52 valence electrons. The summed E-state index contributed by atoms with van der Waals surface area (Å²) in [5, 5.41) is 0. The lowest BCUT2D eigenvalue weighted by Gasteiger charge is -1.83. The molecule has 0 amide bonds. The first-order valence-corrected chi connectivity index (χ1v) is 2.93. The zero-order chi connectivity index (χ0) is 7.40. The molecule has 0 aliphatic heterocycles. The van der Waals surface area contributed by atoms with Crippen LogP contribution < -0.4 is 0 Å². The fourth-order valence-corrected chi connectivity index (χ4v) is 0.612. The van der Waals surface area contributed by atoms with Crippen LogP contribution in [0.1, 0.15) is 6.42 Å². The van der Waals surface area contributed by atoms with Crippen molar-refractivity contribution in [3.05, 3.63) is 23.6 Å². The van der Waals surface area contributed by atoms with Gasteiger partial charge in [-0.2, -0.15) is 0 Å². The number of halogens is 2. The third-order valence-corrected chi connectivity index (χ3v) is 1.12. The third kappa shape index (κ3) is 1.70. The van der Waals surface area contributed by atoms with E-state index in [0.717, 1.165) is 0 Å². The van der Waals surface area contributed by atoms with Crippen molar-refractivity contribution in [1.82, 2.24) is 0 Å². The van der Waals surface area contributed by atoms with E-state index in [1.54, 1.807) is 0 Å². The van der Waals surface area contributed by atoms with Crippen molar-refractivity contribution < 1.29 is 8.78 Å². The van der Waals surface area contributed by atoms with Gasteiger partial charge in [-0.1, -0.05) is 11.8 Å². The Hall–Kier alpha value is -1.10. The Balaban J connectivity index is 2.81. The van der Waals surface area contributed by atoms with E-state index < -0.39 is 6.67 Å². The van der Waals surface area contributed by atoms with Crippen LogP contribution in [0.2, 0.25) is 0 Å². The molecule has 0 aromatic rings. The average molecular weight is 140 g/mol. The monoisotopic (exact) mass is 140 g/mol. The Morgan fingerprint density at radius 3 is 3.00 bits per heavy atom. The van der Waals surface area contributed by atoms with Crippen molar-refractivity contribution in [3.8, 4) is 11.8 Å². The summed E-state index contributed by atoms with van der Waals surface area (Å²) in [6, 6.07) is 0. The molecule has 0 N–H and O–H groups in total. The normalized spacial score (nSPS) is 16.2. The van der Waals surface area contributed by atoms with Crippen LogP contribution in [-0.2, 0) is 0 Å². The zero-order valence-electron chi connectivity index (χ0n) is 5.32. The van der Waals surface area contributed by atoms with Crippen molar-refractivity contribution in [2.75, 3.05) is 6.67 Å². The highest BCUT2D eigenvalue weighted by Crippen LogP contribution is 2.07. The molecule has 2 heteroatoms. The SMILES string of the molecule is FCC1=CC=C(F)CC#C1. The first-order valence-electron chi connectivity index (χ1n) is 2.93. The minimum Gasteiger partial charge on any atom is -0.245 e. The maximum absolute atomic E-state index is 12.3. The van der Waals surface area contributed by atoms with Crippen LogP contribution in [0.5, 0.6) is 0 Å². The fraction of sp³-hybridized carbons (Fsp3) is 0.250. The van der Waals surface area contributed by atoms with Gasteiger partial charge in [-0.25, -0.2) is 8.78 Å². The summed E-state index contributed by atoms with van der Waals surface area (Å²) in [6.45, 7) is -0.614. The molecule has 0 nitrogen and oxygen atoms in total. The maximum Gasteiger partial charge on any atom is 0.122 e. The predicted octanol–water partition coefficient (Wildman–Crippen LogP) is 2.14. The average Bonchev–Trinajstić information content (AvgIpc) is 2.14. The predicted molar refractivity (Wildman–Crippen MR) is 35.6 cm³/mol. The van der Waals surface area contributed by atoms with Crippen molar-refractivity contribution in [2.45, 2.75) is 6.42 Å². The lowest BCUT2D eigenvalue weighted by molar-refractivity contribution is 0.551. The smallest absolute Gasteiger partial charge is 0.122 e. The van der Waals surface area contributed by atoms with Gasteiger partial charge < -0.3 is 0 Å². The highest BCUT2D eigenvalue weighted by atomic mass is 19.1. The lowest BCUT2D eigenvalue weighted by atomic mass is 10.3. The molecule has 1 aliphatic rings. The summed E-state index contributed by atoms with van der Waals surface area (Å²) >= 11 is 0. The van der Waals surface area contributed by atoms with Gasteiger partial charge in [-0.05, 0) is 12.2 Å². The van der Waals surface area contributed by atoms with Gasteiger partial charge in [0.15, 0.2) is 0 Å². The molecule has 0 saturated carbocycles. The summed E-state index contributed by atoms with van der Waals surface area (Å²) in [6.07, 6.45) is 2.71. The van der Waals surface area contributed by atoms with E-state index in [9.17, 15) is 8.78 Å². The van der Waals surface area contributed by atoms with Crippen LogP contribution in [0.25, 0.3) is 0 Å². The Kier molecular flexibility index (Phi) is 2.22. The standard InChI is InChI=1S/C8H6F2/c9-6-7-2-1-3-8(10)5-4-7/h4-5H,3,6H2. The summed E-state index contributed by atoms with van der Waals surface area (Å²) in [5.74, 6) is 4.69. The van der Waals surface area contributed by atoms with Gasteiger partial charge in [-0.3, -0.25) is 0 Å². The van der Waals surface area contributed by atoms with Gasteiger partial charge in [0.25, 0.3) is 0 Å². The molecule has 0 saturated heterocycles. The van der Waals surface area contributed by atoms with Crippen molar-refractivity contribution >= 4 is 0 Å². The second kappa shape index (κ2) is 3.17. The Morgan fingerprint density at radius 1 is 1.50 bits per heavy atom. The molecule has 0 spiro atoms. The van der Waals surface area contributed by atoms with E-state index in [2.05, 4.69) is 11.8 Å².